The molecule has 0 aliphatic carbocycles. The molecule has 0 aromatic heterocycles. The Hall–Kier alpha value is -1.32. The van der Waals surface area contributed by atoms with Crippen LogP contribution in [0.2, 0.25) is 0 Å². The molecule has 0 bridgehead atoms. The maximum Gasteiger partial charge on any atom is 0.119 e. The molecule has 1 aliphatic heterocycles. The van der Waals surface area contributed by atoms with Gasteiger partial charge >= 0.3 is 0 Å². The number of hydrogen-bond acceptors (Lipinski definition) is 2. The van der Waals surface area contributed by atoms with Crippen LogP contribution in [-0.2, 0) is 11.3 Å². The average Bonchev–Trinajstić information content (AvgIpc) is 2.57. The quantitative estimate of drug-likeness (QED) is 0.703. The Kier molecular flexibility index (Phi) is 5.16. The van der Waals surface area contributed by atoms with Crippen molar-refractivity contribution in [1.82, 2.24) is 0 Å². The molecular weight excluding hydrogens is 340 g/mol. The second-order valence-electron chi connectivity index (χ2n) is 5.89. The molecule has 0 saturated carbocycles. The van der Waals surface area contributed by atoms with Crippen LogP contribution in [0.4, 0.5) is 0 Å². The van der Waals surface area contributed by atoms with Crippen LogP contribution in [0, 0.1) is 5.92 Å². The monoisotopic (exact) mass is 360 g/mol. The van der Waals surface area contributed by atoms with Crippen molar-refractivity contribution in [3.8, 4) is 5.75 Å². The zero-order chi connectivity index (χ0) is 15.4. The van der Waals surface area contributed by atoms with E-state index in [4.69, 9.17) is 9.47 Å². The lowest BCUT2D eigenvalue weighted by Crippen LogP contribution is -2.27. The number of hydrogen-bond donors (Lipinski definition) is 0. The van der Waals surface area contributed by atoms with E-state index < -0.39 is 0 Å². The molecule has 1 aliphatic rings. The van der Waals surface area contributed by atoms with Crippen LogP contribution in [0.15, 0.2) is 54.6 Å². The number of benzene rings is 2. The summed E-state index contributed by atoms with van der Waals surface area (Å²) in [5, 5.41) is 0. The predicted octanol–water partition coefficient (Wildman–Crippen LogP) is 5.13. The molecule has 3 atom stereocenters. The molecule has 0 radical (unpaired) electrons. The largest absolute Gasteiger partial charge is 0.489 e. The summed E-state index contributed by atoms with van der Waals surface area (Å²) in [6, 6.07) is 18.5. The fourth-order valence-electron chi connectivity index (χ4n) is 2.63. The molecule has 1 fully saturated rings. The summed E-state index contributed by atoms with van der Waals surface area (Å²) in [5.74, 6) is 1.47. The van der Waals surface area contributed by atoms with Gasteiger partial charge in [0, 0.05) is 4.83 Å². The van der Waals surface area contributed by atoms with Crippen molar-refractivity contribution in [1.29, 1.82) is 0 Å². The van der Waals surface area contributed by atoms with Crippen LogP contribution >= 0.6 is 15.9 Å². The van der Waals surface area contributed by atoms with Crippen molar-refractivity contribution < 1.29 is 9.47 Å². The van der Waals surface area contributed by atoms with Crippen LogP contribution in [0.3, 0.4) is 0 Å². The standard InChI is InChI=1S/C19H21BrO2/c1-14-12-22-19(11-18(14)20)16-7-9-17(10-8-16)21-13-15-5-3-2-4-6-15/h2-10,14,18-19H,11-13H2,1H3. The van der Waals surface area contributed by atoms with Gasteiger partial charge in [-0.25, -0.2) is 0 Å². The first-order chi connectivity index (χ1) is 10.7. The molecule has 0 N–H and O–H groups in total. The third-order valence-corrected chi connectivity index (χ3v) is 5.39. The fourth-order valence-corrected chi connectivity index (χ4v) is 3.12. The highest BCUT2D eigenvalue weighted by atomic mass is 79.9. The summed E-state index contributed by atoms with van der Waals surface area (Å²) in [5.41, 5.74) is 2.40. The first-order valence-electron chi connectivity index (χ1n) is 7.75. The fraction of sp³-hybridized carbons (Fsp3) is 0.368. The first kappa shape index (κ1) is 15.6. The molecule has 0 amide bonds. The lowest BCUT2D eigenvalue weighted by molar-refractivity contribution is -0.00765. The summed E-state index contributed by atoms with van der Waals surface area (Å²) >= 11 is 3.75. The lowest BCUT2D eigenvalue weighted by Gasteiger charge is -2.31. The van der Waals surface area contributed by atoms with E-state index in [-0.39, 0.29) is 6.10 Å². The summed E-state index contributed by atoms with van der Waals surface area (Å²) in [7, 11) is 0. The second-order valence-corrected chi connectivity index (χ2v) is 7.07. The molecule has 0 spiro atoms. The maximum atomic E-state index is 5.95. The van der Waals surface area contributed by atoms with E-state index in [1.54, 1.807) is 0 Å². The van der Waals surface area contributed by atoms with Crippen LogP contribution in [0.1, 0.15) is 30.6 Å². The lowest BCUT2D eigenvalue weighted by atomic mass is 9.96. The summed E-state index contributed by atoms with van der Waals surface area (Å²) in [4.78, 5) is 0.528. The Labute approximate surface area is 140 Å². The number of halogens is 1. The molecule has 2 aromatic rings. The molecule has 3 heteroatoms. The maximum absolute atomic E-state index is 5.95. The predicted molar refractivity (Wildman–Crippen MR) is 92.4 cm³/mol. The van der Waals surface area contributed by atoms with Gasteiger partial charge in [-0.3, -0.25) is 0 Å². The Balaban J connectivity index is 1.58. The molecule has 1 saturated heterocycles. The Bertz CT molecular complexity index is 582. The Morgan fingerprint density at radius 2 is 1.82 bits per heavy atom. The van der Waals surface area contributed by atoms with Gasteiger partial charge < -0.3 is 9.47 Å². The third kappa shape index (κ3) is 3.90. The van der Waals surface area contributed by atoms with Crippen molar-refractivity contribution in [3.05, 3.63) is 65.7 Å². The van der Waals surface area contributed by atoms with Gasteiger partial charge in [0.25, 0.3) is 0 Å². The Morgan fingerprint density at radius 3 is 2.50 bits per heavy atom. The van der Waals surface area contributed by atoms with Crippen molar-refractivity contribution in [2.45, 2.75) is 30.9 Å². The van der Waals surface area contributed by atoms with Crippen molar-refractivity contribution >= 4 is 15.9 Å². The summed E-state index contributed by atoms with van der Waals surface area (Å²) in [6.07, 6.45) is 1.20. The van der Waals surface area contributed by atoms with E-state index in [2.05, 4.69) is 47.1 Å². The van der Waals surface area contributed by atoms with Gasteiger partial charge in [-0.05, 0) is 35.6 Å². The Morgan fingerprint density at radius 1 is 1.09 bits per heavy atom. The first-order valence-corrected chi connectivity index (χ1v) is 8.66. The highest BCUT2D eigenvalue weighted by Gasteiger charge is 2.27. The zero-order valence-corrected chi connectivity index (χ0v) is 14.3. The number of alkyl halides is 1. The van der Waals surface area contributed by atoms with Crippen LogP contribution < -0.4 is 4.74 Å². The minimum atomic E-state index is 0.184. The molecule has 116 valence electrons. The SMILES string of the molecule is CC1COC(c2ccc(OCc3ccccc3)cc2)CC1Br. The van der Waals surface area contributed by atoms with E-state index in [0.29, 0.717) is 17.4 Å². The summed E-state index contributed by atoms with van der Waals surface area (Å²) in [6.45, 7) is 3.63. The molecule has 3 rings (SSSR count). The zero-order valence-electron chi connectivity index (χ0n) is 12.7. The molecule has 2 nitrogen and oxygen atoms in total. The van der Waals surface area contributed by atoms with Gasteiger partial charge in [0.15, 0.2) is 0 Å². The van der Waals surface area contributed by atoms with Crippen LogP contribution in [0.25, 0.3) is 0 Å². The van der Waals surface area contributed by atoms with Crippen LogP contribution in [-0.4, -0.2) is 11.4 Å². The molecule has 1 heterocycles. The summed E-state index contributed by atoms with van der Waals surface area (Å²) < 4.78 is 11.8. The van der Waals surface area contributed by atoms with E-state index in [9.17, 15) is 0 Å². The normalized spacial score (nSPS) is 24.9. The van der Waals surface area contributed by atoms with E-state index in [0.717, 1.165) is 18.8 Å². The number of ether oxygens (including phenoxy) is 2. The molecule has 22 heavy (non-hydrogen) atoms. The molecular formula is C19H21BrO2. The van der Waals surface area contributed by atoms with Crippen molar-refractivity contribution in [2.75, 3.05) is 6.61 Å². The van der Waals surface area contributed by atoms with E-state index in [1.165, 1.54) is 11.1 Å². The molecule has 3 unspecified atom stereocenters. The smallest absolute Gasteiger partial charge is 0.119 e. The van der Waals surface area contributed by atoms with E-state index >= 15 is 0 Å². The van der Waals surface area contributed by atoms with E-state index in [1.807, 2.05) is 30.3 Å². The minimum absolute atomic E-state index is 0.184. The van der Waals surface area contributed by atoms with Crippen LogP contribution in [0.5, 0.6) is 5.75 Å². The molecule has 2 aromatic carbocycles. The van der Waals surface area contributed by atoms with Gasteiger partial charge in [-0.2, -0.15) is 0 Å². The van der Waals surface area contributed by atoms with Gasteiger partial charge in [0.2, 0.25) is 0 Å². The van der Waals surface area contributed by atoms with Crippen molar-refractivity contribution in [2.24, 2.45) is 5.92 Å². The average molecular weight is 361 g/mol. The topological polar surface area (TPSA) is 18.5 Å². The number of rotatable bonds is 4. The third-order valence-electron chi connectivity index (χ3n) is 4.12. The van der Waals surface area contributed by atoms with Gasteiger partial charge in [0.1, 0.15) is 12.4 Å². The van der Waals surface area contributed by atoms with Gasteiger partial charge in [-0.1, -0.05) is 65.3 Å². The minimum Gasteiger partial charge on any atom is -0.489 e. The van der Waals surface area contributed by atoms with Gasteiger partial charge in [-0.15, -0.1) is 0 Å². The van der Waals surface area contributed by atoms with Crippen molar-refractivity contribution in [3.63, 3.8) is 0 Å². The second kappa shape index (κ2) is 7.30. The highest BCUT2D eigenvalue weighted by Crippen LogP contribution is 2.35. The highest BCUT2D eigenvalue weighted by molar-refractivity contribution is 9.09. The van der Waals surface area contributed by atoms with Gasteiger partial charge in [0.05, 0.1) is 12.7 Å².